The molecule has 0 aliphatic carbocycles. The quantitative estimate of drug-likeness (QED) is 0.681. The summed E-state index contributed by atoms with van der Waals surface area (Å²) < 4.78 is 18.4. The van der Waals surface area contributed by atoms with Gasteiger partial charge in [0, 0.05) is 17.1 Å². The lowest BCUT2D eigenvalue weighted by molar-refractivity contribution is 0.112. The minimum Gasteiger partial charge on any atom is -0.494 e. The molecule has 3 nitrogen and oxygen atoms in total. The molecule has 116 valence electrons. The lowest BCUT2D eigenvalue weighted by Gasteiger charge is -2.11. The van der Waals surface area contributed by atoms with Gasteiger partial charge in [-0.3, -0.25) is 9.78 Å². The van der Waals surface area contributed by atoms with Crippen molar-refractivity contribution >= 4 is 17.2 Å². The van der Waals surface area contributed by atoms with E-state index in [9.17, 15) is 9.18 Å². The Bertz CT molecular complexity index is 873. The molecule has 0 aliphatic rings. The molecule has 23 heavy (non-hydrogen) atoms. The van der Waals surface area contributed by atoms with Gasteiger partial charge in [-0.2, -0.15) is 0 Å². The summed E-state index contributed by atoms with van der Waals surface area (Å²) in [4.78, 5) is 15.8. The van der Waals surface area contributed by atoms with E-state index in [0.717, 1.165) is 28.4 Å². The third-order valence-corrected chi connectivity index (χ3v) is 3.85. The molecule has 0 saturated carbocycles. The van der Waals surface area contributed by atoms with E-state index in [1.54, 1.807) is 31.5 Å². The van der Waals surface area contributed by atoms with Gasteiger partial charge < -0.3 is 4.74 Å². The predicted molar refractivity (Wildman–Crippen MR) is 87.6 cm³/mol. The number of carbonyl (C=O) groups is 1. The van der Waals surface area contributed by atoms with Crippen molar-refractivity contribution < 1.29 is 13.9 Å². The summed E-state index contributed by atoms with van der Waals surface area (Å²) >= 11 is 0. The van der Waals surface area contributed by atoms with Crippen LogP contribution in [0.3, 0.4) is 0 Å². The number of fused-ring (bicyclic) bond motifs is 1. The number of carbonyl (C=O) groups excluding carboxylic acids is 1. The van der Waals surface area contributed by atoms with Crippen molar-refractivity contribution in [1.82, 2.24) is 4.98 Å². The molecule has 1 heterocycles. The molecule has 0 saturated heterocycles. The summed E-state index contributed by atoms with van der Waals surface area (Å²) in [5, 5.41) is 0.766. The molecule has 0 unspecified atom stereocenters. The van der Waals surface area contributed by atoms with Gasteiger partial charge in [0.2, 0.25) is 0 Å². The van der Waals surface area contributed by atoms with Gasteiger partial charge in [-0.05, 0) is 54.3 Å². The van der Waals surface area contributed by atoms with Crippen LogP contribution in [-0.4, -0.2) is 18.4 Å². The van der Waals surface area contributed by atoms with E-state index < -0.39 is 0 Å². The number of hydrogen-bond acceptors (Lipinski definition) is 3. The van der Waals surface area contributed by atoms with Crippen molar-refractivity contribution in [2.75, 3.05) is 7.11 Å². The minimum atomic E-state index is -0.256. The van der Waals surface area contributed by atoms with Crippen LogP contribution in [0.25, 0.3) is 10.9 Å². The summed E-state index contributed by atoms with van der Waals surface area (Å²) in [6, 6.07) is 10.1. The average Bonchev–Trinajstić information content (AvgIpc) is 2.56. The van der Waals surface area contributed by atoms with Crippen LogP contribution in [0.5, 0.6) is 5.75 Å². The summed E-state index contributed by atoms with van der Waals surface area (Å²) in [5.74, 6) is 0.424. The minimum absolute atomic E-state index is 0.256. The molecule has 0 spiro atoms. The van der Waals surface area contributed by atoms with Gasteiger partial charge >= 0.3 is 0 Å². The van der Waals surface area contributed by atoms with E-state index in [4.69, 9.17) is 4.74 Å². The Labute approximate surface area is 133 Å². The SMILES string of the molecule is COc1c(C)cc(C=O)c2cc(Cc3ccc(F)cc3)cnc12. The van der Waals surface area contributed by atoms with Crippen molar-refractivity contribution in [1.29, 1.82) is 0 Å². The van der Waals surface area contributed by atoms with Gasteiger partial charge in [0.05, 0.1) is 7.11 Å². The summed E-state index contributed by atoms with van der Waals surface area (Å²) in [7, 11) is 1.59. The molecule has 0 radical (unpaired) electrons. The molecule has 0 aliphatic heterocycles. The number of halogens is 1. The third kappa shape index (κ3) is 2.93. The normalized spacial score (nSPS) is 10.7. The lowest BCUT2D eigenvalue weighted by atomic mass is 10.0. The van der Waals surface area contributed by atoms with E-state index in [1.165, 1.54) is 12.1 Å². The molecule has 4 heteroatoms. The zero-order valence-corrected chi connectivity index (χ0v) is 13.0. The first-order chi connectivity index (χ1) is 11.1. The number of aldehydes is 1. The van der Waals surface area contributed by atoms with Crippen LogP contribution in [0.1, 0.15) is 27.0 Å². The molecule has 3 rings (SSSR count). The highest BCUT2D eigenvalue weighted by atomic mass is 19.1. The Hall–Kier alpha value is -2.75. The molecule has 2 aromatic carbocycles. The number of ether oxygens (including phenoxy) is 1. The molecule has 3 aromatic rings. The highest BCUT2D eigenvalue weighted by Gasteiger charge is 2.12. The predicted octanol–water partition coefficient (Wildman–Crippen LogP) is 4.09. The fourth-order valence-corrected chi connectivity index (χ4v) is 2.76. The Morgan fingerprint density at radius 1 is 1.17 bits per heavy atom. The monoisotopic (exact) mass is 309 g/mol. The van der Waals surface area contributed by atoms with E-state index in [0.29, 0.717) is 23.3 Å². The van der Waals surface area contributed by atoms with E-state index in [-0.39, 0.29) is 5.82 Å². The standard InChI is InChI=1S/C19H16FNO2/c1-12-7-15(11-22)17-9-14(10-21-18(17)19(12)23-2)8-13-3-5-16(20)6-4-13/h3-7,9-11H,8H2,1-2H3. The van der Waals surface area contributed by atoms with Crippen molar-refractivity contribution in [3.63, 3.8) is 0 Å². The number of nitrogens with zero attached hydrogens (tertiary/aromatic N) is 1. The number of aromatic nitrogens is 1. The van der Waals surface area contributed by atoms with Crippen molar-refractivity contribution in [2.45, 2.75) is 13.3 Å². The van der Waals surface area contributed by atoms with Crippen molar-refractivity contribution in [3.8, 4) is 5.75 Å². The van der Waals surface area contributed by atoms with Gasteiger partial charge in [0.15, 0.2) is 6.29 Å². The first-order valence-corrected chi connectivity index (χ1v) is 7.28. The number of benzene rings is 2. The topological polar surface area (TPSA) is 39.2 Å². The van der Waals surface area contributed by atoms with Crippen LogP contribution in [0.2, 0.25) is 0 Å². The fourth-order valence-electron chi connectivity index (χ4n) is 2.76. The van der Waals surface area contributed by atoms with Crippen molar-refractivity contribution in [3.05, 3.63) is 70.7 Å². The lowest BCUT2D eigenvalue weighted by Crippen LogP contribution is -1.97. The van der Waals surface area contributed by atoms with Gasteiger partial charge in [-0.25, -0.2) is 4.39 Å². The largest absolute Gasteiger partial charge is 0.494 e. The summed E-state index contributed by atoms with van der Waals surface area (Å²) in [6.07, 6.45) is 3.22. The molecule has 0 fully saturated rings. The molecule has 0 bridgehead atoms. The van der Waals surface area contributed by atoms with Gasteiger partial charge in [-0.15, -0.1) is 0 Å². The van der Waals surface area contributed by atoms with E-state index in [2.05, 4.69) is 4.98 Å². The highest BCUT2D eigenvalue weighted by Crippen LogP contribution is 2.31. The summed E-state index contributed by atoms with van der Waals surface area (Å²) in [5.41, 5.74) is 4.09. The van der Waals surface area contributed by atoms with Crippen LogP contribution in [0, 0.1) is 12.7 Å². The van der Waals surface area contributed by atoms with Crippen LogP contribution in [0.4, 0.5) is 4.39 Å². The Balaban J connectivity index is 2.09. The number of aryl methyl sites for hydroxylation is 1. The molecular weight excluding hydrogens is 293 g/mol. The maximum Gasteiger partial charge on any atom is 0.150 e. The number of rotatable bonds is 4. The number of methoxy groups -OCH3 is 1. The first kappa shape index (κ1) is 15.2. The first-order valence-electron chi connectivity index (χ1n) is 7.28. The van der Waals surface area contributed by atoms with Crippen LogP contribution in [0.15, 0.2) is 42.6 Å². The molecule has 0 amide bonds. The maximum absolute atomic E-state index is 13.0. The Kier molecular flexibility index (Phi) is 4.06. The fraction of sp³-hybridized carbons (Fsp3) is 0.158. The molecule has 0 atom stereocenters. The summed E-state index contributed by atoms with van der Waals surface area (Å²) in [6.45, 7) is 1.89. The zero-order chi connectivity index (χ0) is 16.4. The zero-order valence-electron chi connectivity index (χ0n) is 13.0. The van der Waals surface area contributed by atoms with Crippen LogP contribution < -0.4 is 4.74 Å². The maximum atomic E-state index is 13.0. The second-order valence-electron chi connectivity index (χ2n) is 5.48. The Morgan fingerprint density at radius 3 is 2.57 bits per heavy atom. The number of pyridine rings is 1. The average molecular weight is 309 g/mol. The van der Waals surface area contributed by atoms with Gasteiger partial charge in [-0.1, -0.05) is 12.1 Å². The highest BCUT2D eigenvalue weighted by molar-refractivity contribution is 6.00. The van der Waals surface area contributed by atoms with Crippen molar-refractivity contribution in [2.24, 2.45) is 0 Å². The van der Waals surface area contributed by atoms with Crippen LogP contribution in [-0.2, 0) is 6.42 Å². The Morgan fingerprint density at radius 2 is 1.91 bits per heavy atom. The second kappa shape index (κ2) is 6.16. The number of hydrogen-bond donors (Lipinski definition) is 0. The third-order valence-electron chi connectivity index (χ3n) is 3.85. The molecule has 1 aromatic heterocycles. The molecule has 0 N–H and O–H groups in total. The van der Waals surface area contributed by atoms with Gasteiger partial charge in [0.25, 0.3) is 0 Å². The van der Waals surface area contributed by atoms with Gasteiger partial charge in [0.1, 0.15) is 17.1 Å². The second-order valence-corrected chi connectivity index (χ2v) is 5.48. The molecular formula is C19H16FNO2. The van der Waals surface area contributed by atoms with E-state index in [1.807, 2.05) is 13.0 Å². The van der Waals surface area contributed by atoms with Crippen LogP contribution >= 0.6 is 0 Å². The van der Waals surface area contributed by atoms with E-state index >= 15 is 0 Å². The smallest absolute Gasteiger partial charge is 0.150 e.